The van der Waals surface area contributed by atoms with Crippen LogP contribution in [0.25, 0.3) is 0 Å². The van der Waals surface area contributed by atoms with Gasteiger partial charge in [0.15, 0.2) is 5.78 Å². The van der Waals surface area contributed by atoms with E-state index in [9.17, 15) is 28.8 Å². The molecule has 0 aromatic heterocycles. The summed E-state index contributed by atoms with van der Waals surface area (Å²) in [6.07, 6.45) is 17.4. The average Bonchev–Trinajstić information content (AvgIpc) is 3.03. The monoisotopic (exact) mass is 685 g/mol. The molecule has 0 aliphatic heterocycles. The van der Waals surface area contributed by atoms with Gasteiger partial charge in [-0.15, -0.1) is 0 Å². The maximum absolute atomic E-state index is 12.0. The molecular weight excluding hydrogens is 622 g/mol. The molecule has 0 fully saturated rings. The summed E-state index contributed by atoms with van der Waals surface area (Å²) in [6.45, 7) is 4.17. The Hall–Kier alpha value is -2.90. The number of nitrogens with one attached hydrogen (secondary N) is 3. The van der Waals surface area contributed by atoms with Crippen LogP contribution in [0.2, 0.25) is 0 Å². The van der Waals surface area contributed by atoms with Crippen molar-refractivity contribution in [2.45, 2.75) is 135 Å². The molecule has 0 aliphatic carbocycles. The number of carbonyl (C=O) groups excluding carboxylic acids is 5. The lowest BCUT2D eigenvalue weighted by molar-refractivity contribution is -0.137. The number of aliphatic carboxylic acids is 1. The molecule has 0 heterocycles. The first kappa shape index (κ1) is 45.1. The third-order valence-corrected chi connectivity index (χ3v) is 7.63. The van der Waals surface area contributed by atoms with Gasteiger partial charge < -0.3 is 40.1 Å². The zero-order valence-electron chi connectivity index (χ0n) is 29.6. The minimum Gasteiger partial charge on any atom is -0.481 e. The van der Waals surface area contributed by atoms with Gasteiger partial charge in [0, 0.05) is 32.4 Å². The zero-order chi connectivity index (χ0) is 35.7. The van der Waals surface area contributed by atoms with Gasteiger partial charge in [-0.3, -0.25) is 24.0 Å². The molecule has 0 rings (SSSR count). The Morgan fingerprint density at radius 2 is 0.958 bits per heavy atom. The summed E-state index contributed by atoms with van der Waals surface area (Å²) >= 11 is 0. The van der Waals surface area contributed by atoms with Gasteiger partial charge in [0.05, 0.1) is 32.5 Å². The summed E-state index contributed by atoms with van der Waals surface area (Å²) in [6, 6.07) is -0.756. The van der Waals surface area contributed by atoms with Crippen LogP contribution < -0.4 is 16.0 Å². The van der Waals surface area contributed by atoms with E-state index in [1.54, 1.807) is 0 Å². The lowest BCUT2D eigenvalue weighted by Gasteiger charge is -2.15. The van der Waals surface area contributed by atoms with Gasteiger partial charge in [-0.2, -0.15) is 0 Å². The molecule has 13 nitrogen and oxygen atoms in total. The van der Waals surface area contributed by atoms with Crippen molar-refractivity contribution in [2.24, 2.45) is 0 Å². The summed E-state index contributed by atoms with van der Waals surface area (Å²) in [5, 5.41) is 16.6. The van der Waals surface area contributed by atoms with E-state index in [0.717, 1.165) is 38.5 Å². The van der Waals surface area contributed by atoms with E-state index in [0.29, 0.717) is 39.2 Å². The number of hydrogen-bond donors (Lipinski definition) is 4. The summed E-state index contributed by atoms with van der Waals surface area (Å²) in [5.74, 6) is -1.92. The normalized spacial score (nSPS) is 11.5. The molecule has 13 heteroatoms. The van der Waals surface area contributed by atoms with Crippen LogP contribution in [-0.2, 0) is 43.0 Å². The fourth-order valence-corrected chi connectivity index (χ4v) is 4.87. The molecule has 48 heavy (non-hydrogen) atoms. The number of ether oxygens (including phenoxy) is 3. The van der Waals surface area contributed by atoms with Gasteiger partial charge in [-0.1, -0.05) is 77.0 Å². The second-order valence-electron chi connectivity index (χ2n) is 12.2. The van der Waals surface area contributed by atoms with Crippen LogP contribution in [0.4, 0.5) is 0 Å². The Morgan fingerprint density at radius 1 is 0.521 bits per heavy atom. The Labute approximate surface area is 287 Å². The minimum atomic E-state index is -0.756. The number of carboxylic acid groups (broad SMARTS) is 1. The zero-order valence-corrected chi connectivity index (χ0v) is 29.6. The molecule has 278 valence electrons. The number of rotatable bonds is 35. The van der Waals surface area contributed by atoms with Crippen LogP contribution in [0, 0.1) is 0 Å². The number of carbonyl (C=O) groups is 6. The van der Waals surface area contributed by atoms with Crippen molar-refractivity contribution >= 4 is 35.3 Å². The minimum absolute atomic E-state index is 0.0435. The molecular formula is C35H63N3O10. The number of ketones is 2. The first-order valence-corrected chi connectivity index (χ1v) is 17.9. The third-order valence-electron chi connectivity index (χ3n) is 7.63. The fraction of sp³-hybridized carbons (Fsp3) is 0.829. The van der Waals surface area contributed by atoms with E-state index in [2.05, 4.69) is 16.0 Å². The van der Waals surface area contributed by atoms with Gasteiger partial charge >= 0.3 is 5.97 Å². The molecule has 0 aliphatic rings. The molecule has 0 unspecified atom stereocenters. The molecule has 1 atom stereocenters. The van der Waals surface area contributed by atoms with Crippen LogP contribution >= 0.6 is 0 Å². The predicted octanol–water partition coefficient (Wildman–Crippen LogP) is 4.04. The highest BCUT2D eigenvalue weighted by Gasteiger charge is 2.17. The van der Waals surface area contributed by atoms with E-state index in [1.807, 2.05) is 0 Å². The largest absolute Gasteiger partial charge is 0.481 e. The topological polar surface area (TPSA) is 186 Å². The smallest absolute Gasteiger partial charge is 0.303 e. The maximum atomic E-state index is 12.0. The Morgan fingerprint density at radius 3 is 1.42 bits per heavy atom. The second-order valence-corrected chi connectivity index (χ2v) is 12.2. The van der Waals surface area contributed by atoms with E-state index >= 15 is 0 Å². The molecule has 0 aromatic carbocycles. The Kier molecular flexibility index (Phi) is 30.7. The van der Waals surface area contributed by atoms with Crippen molar-refractivity contribution in [3.8, 4) is 0 Å². The summed E-state index contributed by atoms with van der Waals surface area (Å²) in [7, 11) is 0. The highest BCUT2D eigenvalue weighted by Crippen LogP contribution is 2.13. The van der Waals surface area contributed by atoms with Crippen LogP contribution in [0.5, 0.6) is 0 Å². The highest BCUT2D eigenvalue weighted by molar-refractivity contribution is 5.88. The van der Waals surface area contributed by atoms with Gasteiger partial charge in [-0.05, 0) is 33.1 Å². The van der Waals surface area contributed by atoms with Crippen LogP contribution in [0.15, 0.2) is 0 Å². The molecule has 0 spiro atoms. The van der Waals surface area contributed by atoms with Crippen molar-refractivity contribution in [1.29, 1.82) is 0 Å². The number of Topliss-reactive ketones (excluding diaryl/α,β-unsaturated/α-hetero) is 2. The van der Waals surface area contributed by atoms with E-state index in [4.69, 9.17) is 19.3 Å². The van der Waals surface area contributed by atoms with Gasteiger partial charge in [0.25, 0.3) is 0 Å². The van der Waals surface area contributed by atoms with Crippen molar-refractivity contribution < 1.29 is 48.1 Å². The lowest BCUT2D eigenvalue weighted by atomic mass is 10.0. The molecule has 0 radical (unpaired) electrons. The second kappa shape index (κ2) is 32.6. The number of carboxylic acids is 1. The highest BCUT2D eigenvalue weighted by atomic mass is 16.5. The molecule has 0 saturated carbocycles. The molecule has 0 saturated heterocycles. The van der Waals surface area contributed by atoms with Crippen molar-refractivity contribution in [2.75, 3.05) is 52.7 Å². The van der Waals surface area contributed by atoms with Gasteiger partial charge in [-0.25, -0.2) is 0 Å². The van der Waals surface area contributed by atoms with Crippen LogP contribution in [0.1, 0.15) is 129 Å². The molecule has 0 aromatic rings. The third kappa shape index (κ3) is 33.0. The molecule has 0 bridgehead atoms. The average molecular weight is 686 g/mol. The Balaban J connectivity index is 3.44. The first-order chi connectivity index (χ1) is 23.1. The fourth-order valence-electron chi connectivity index (χ4n) is 4.87. The van der Waals surface area contributed by atoms with E-state index in [1.165, 1.54) is 65.2 Å². The summed E-state index contributed by atoms with van der Waals surface area (Å²) < 4.78 is 15.9. The SMILES string of the molecule is CC(=O)CC[C@H](NC(=O)COCC(=O)NCCOCCOCCNC(=O)CCCCCCCCCCCCCCCCC(=O)O)C(C)=O. The van der Waals surface area contributed by atoms with Crippen molar-refractivity contribution in [3.05, 3.63) is 0 Å². The van der Waals surface area contributed by atoms with Crippen LogP contribution in [-0.4, -0.2) is 99.1 Å². The number of amides is 3. The lowest BCUT2D eigenvalue weighted by Crippen LogP contribution is -2.42. The maximum Gasteiger partial charge on any atom is 0.303 e. The van der Waals surface area contributed by atoms with Gasteiger partial charge in [0.2, 0.25) is 17.7 Å². The summed E-state index contributed by atoms with van der Waals surface area (Å²) in [5.41, 5.74) is 0. The standard InChI is InChI=1S/C35H63N3O10/c1-29(39)19-20-31(30(2)40)38-34(43)28-48-27-33(42)37-22-24-47-26-25-46-23-21-36-32(41)17-15-13-11-9-7-5-3-4-6-8-10-12-14-16-18-35(44)45/h31H,3-28H2,1-2H3,(H,36,41)(H,37,42)(H,38,43)(H,44,45)/t31-/m0/s1. The predicted molar refractivity (Wildman–Crippen MR) is 183 cm³/mol. The number of hydrogen-bond acceptors (Lipinski definition) is 9. The van der Waals surface area contributed by atoms with Crippen molar-refractivity contribution in [3.63, 3.8) is 0 Å². The summed E-state index contributed by atoms with van der Waals surface area (Å²) in [4.78, 5) is 68.9. The molecule has 3 amide bonds. The first-order valence-electron chi connectivity index (χ1n) is 17.9. The van der Waals surface area contributed by atoms with Crippen LogP contribution in [0.3, 0.4) is 0 Å². The van der Waals surface area contributed by atoms with Gasteiger partial charge in [0.1, 0.15) is 19.0 Å². The van der Waals surface area contributed by atoms with Crippen molar-refractivity contribution in [1.82, 2.24) is 16.0 Å². The quantitative estimate of drug-likeness (QED) is 0.0710. The van der Waals surface area contributed by atoms with E-state index in [-0.39, 0.29) is 56.7 Å². The van der Waals surface area contributed by atoms with E-state index < -0.39 is 23.8 Å². The number of unbranched alkanes of at least 4 members (excludes halogenated alkanes) is 13. The molecule has 4 N–H and O–H groups in total. The Bertz CT molecular complexity index is 900.